The normalized spacial score (nSPS) is 17.3. The van der Waals surface area contributed by atoms with Gasteiger partial charge in [-0.05, 0) is 43.2 Å². The number of hydrogen-bond acceptors (Lipinski definition) is 4. The Morgan fingerprint density at radius 1 is 1.48 bits per heavy atom. The van der Waals surface area contributed by atoms with Crippen LogP contribution in [0.1, 0.15) is 25.3 Å². The topological polar surface area (TPSA) is 88.7 Å². The molecular weight excluding hydrogens is 451 g/mol. The number of ether oxygens (including phenoxy) is 1. The van der Waals surface area contributed by atoms with E-state index in [2.05, 4.69) is 22.5 Å². The Morgan fingerprint density at radius 3 is 3.00 bits per heavy atom. The Hall–Kier alpha value is -1.16. The molecule has 1 aromatic carbocycles. The molecule has 1 fully saturated rings. The van der Waals surface area contributed by atoms with Gasteiger partial charge in [-0.15, -0.1) is 24.0 Å². The van der Waals surface area contributed by atoms with Crippen molar-refractivity contribution in [3.05, 3.63) is 29.8 Å². The van der Waals surface area contributed by atoms with Crippen LogP contribution in [0.5, 0.6) is 5.75 Å². The van der Waals surface area contributed by atoms with Crippen LogP contribution < -0.4 is 21.1 Å². The molecule has 2 rings (SSSR count). The lowest BCUT2D eigenvalue weighted by Gasteiger charge is -2.24. The fourth-order valence-corrected chi connectivity index (χ4v) is 3.50. The third kappa shape index (κ3) is 8.66. The van der Waals surface area contributed by atoms with Gasteiger partial charge in [-0.3, -0.25) is 4.79 Å². The number of halogens is 1. The summed E-state index contributed by atoms with van der Waals surface area (Å²) in [6.07, 6.45) is 2.44. The van der Waals surface area contributed by atoms with Crippen molar-refractivity contribution in [2.75, 3.05) is 24.7 Å². The number of nitrogens with two attached hydrogens (primary N) is 1. The summed E-state index contributed by atoms with van der Waals surface area (Å²) in [6.45, 7) is 3.32. The molecule has 8 heteroatoms. The number of amides is 1. The molecule has 1 atom stereocenters. The highest BCUT2D eigenvalue weighted by molar-refractivity contribution is 14.0. The second-order valence-corrected chi connectivity index (χ2v) is 6.81. The van der Waals surface area contributed by atoms with Crippen molar-refractivity contribution in [2.24, 2.45) is 10.7 Å². The summed E-state index contributed by atoms with van der Waals surface area (Å²) >= 11 is 1.99. The number of guanidine groups is 1. The molecule has 6 nitrogen and oxygen atoms in total. The van der Waals surface area contributed by atoms with Gasteiger partial charge in [0.15, 0.2) is 12.6 Å². The fourth-order valence-electron chi connectivity index (χ4n) is 2.43. The lowest BCUT2D eigenvalue weighted by molar-refractivity contribution is -0.119. The van der Waals surface area contributed by atoms with Gasteiger partial charge in [-0.2, -0.15) is 11.8 Å². The van der Waals surface area contributed by atoms with Gasteiger partial charge in [-0.25, -0.2) is 4.99 Å². The highest BCUT2D eigenvalue weighted by atomic mass is 127. The number of benzene rings is 1. The van der Waals surface area contributed by atoms with Crippen LogP contribution in [0.25, 0.3) is 0 Å². The van der Waals surface area contributed by atoms with E-state index in [0.717, 1.165) is 23.8 Å². The van der Waals surface area contributed by atoms with Crippen LogP contribution in [0.2, 0.25) is 0 Å². The van der Waals surface area contributed by atoms with Crippen molar-refractivity contribution in [2.45, 2.75) is 32.4 Å². The predicted molar refractivity (Wildman–Crippen MR) is 115 cm³/mol. The van der Waals surface area contributed by atoms with Crippen LogP contribution in [0.4, 0.5) is 0 Å². The number of nitrogens with zero attached hydrogens (tertiary/aromatic N) is 1. The monoisotopic (exact) mass is 478 g/mol. The standard InChI is InChI=1S/C17H26N4O2S.HI/c1-2-19-17(21-14-6-4-8-24-12-14)20-10-13-5-3-7-15(9-13)23-11-16(18)22;/h3,5,7,9,14H,2,4,6,8,10-12H2,1H3,(H2,18,22)(H2,19,20,21);1H. The van der Waals surface area contributed by atoms with E-state index in [1.165, 1.54) is 18.6 Å². The van der Waals surface area contributed by atoms with E-state index in [1.54, 1.807) is 6.07 Å². The van der Waals surface area contributed by atoms with Crippen LogP contribution in [0.15, 0.2) is 29.3 Å². The van der Waals surface area contributed by atoms with E-state index in [9.17, 15) is 4.79 Å². The first-order valence-electron chi connectivity index (χ1n) is 8.30. The number of primary amides is 1. The van der Waals surface area contributed by atoms with Crippen molar-refractivity contribution in [1.29, 1.82) is 0 Å². The second-order valence-electron chi connectivity index (χ2n) is 5.66. The van der Waals surface area contributed by atoms with Crippen LogP contribution in [0.3, 0.4) is 0 Å². The summed E-state index contributed by atoms with van der Waals surface area (Å²) in [7, 11) is 0. The highest BCUT2D eigenvalue weighted by Crippen LogP contribution is 2.17. The van der Waals surface area contributed by atoms with E-state index in [-0.39, 0.29) is 30.6 Å². The molecule has 0 saturated carbocycles. The van der Waals surface area contributed by atoms with Gasteiger partial charge >= 0.3 is 0 Å². The number of hydrogen-bond donors (Lipinski definition) is 3. The molecule has 1 saturated heterocycles. The fraction of sp³-hybridized carbons (Fsp3) is 0.529. The quantitative estimate of drug-likeness (QED) is 0.318. The zero-order valence-corrected chi connectivity index (χ0v) is 17.6. The van der Waals surface area contributed by atoms with Crippen molar-refractivity contribution in [3.63, 3.8) is 0 Å². The molecule has 0 spiro atoms. The Morgan fingerprint density at radius 2 is 2.32 bits per heavy atom. The molecule has 1 aliphatic heterocycles. The molecule has 1 aliphatic rings. The van der Waals surface area contributed by atoms with E-state index in [4.69, 9.17) is 10.5 Å². The van der Waals surface area contributed by atoms with Crippen molar-refractivity contribution in [3.8, 4) is 5.75 Å². The highest BCUT2D eigenvalue weighted by Gasteiger charge is 2.14. The SMILES string of the molecule is CCNC(=NCc1cccc(OCC(N)=O)c1)NC1CCCSC1.I. The minimum atomic E-state index is -0.484. The summed E-state index contributed by atoms with van der Waals surface area (Å²) in [5.74, 6) is 3.36. The maximum atomic E-state index is 10.8. The van der Waals surface area contributed by atoms with Crippen LogP contribution in [-0.2, 0) is 11.3 Å². The Balaban J connectivity index is 0.00000312. The average Bonchev–Trinajstić information content (AvgIpc) is 2.59. The van der Waals surface area contributed by atoms with E-state index in [0.29, 0.717) is 18.3 Å². The minimum Gasteiger partial charge on any atom is -0.484 e. The molecule has 4 N–H and O–H groups in total. The van der Waals surface area contributed by atoms with Crippen LogP contribution in [-0.4, -0.2) is 42.6 Å². The molecule has 0 aliphatic carbocycles. The first kappa shape index (κ1) is 21.9. The summed E-state index contributed by atoms with van der Waals surface area (Å²) in [5, 5.41) is 6.80. The molecule has 0 aromatic heterocycles. The van der Waals surface area contributed by atoms with E-state index in [1.807, 2.05) is 30.0 Å². The van der Waals surface area contributed by atoms with Crippen LogP contribution >= 0.6 is 35.7 Å². The lowest BCUT2D eigenvalue weighted by Crippen LogP contribution is -2.45. The van der Waals surface area contributed by atoms with Crippen molar-refractivity contribution < 1.29 is 9.53 Å². The Labute approximate surface area is 170 Å². The van der Waals surface area contributed by atoms with Gasteiger partial charge in [0.1, 0.15) is 5.75 Å². The van der Waals surface area contributed by atoms with Crippen molar-refractivity contribution in [1.82, 2.24) is 10.6 Å². The number of carbonyl (C=O) groups is 1. The third-order valence-corrected chi connectivity index (χ3v) is 4.76. The van der Waals surface area contributed by atoms with Gasteiger partial charge < -0.3 is 21.1 Å². The van der Waals surface area contributed by atoms with Crippen LogP contribution in [0, 0.1) is 0 Å². The zero-order valence-electron chi connectivity index (χ0n) is 14.5. The van der Waals surface area contributed by atoms with E-state index >= 15 is 0 Å². The smallest absolute Gasteiger partial charge is 0.255 e. The number of aliphatic imine (C=N–C) groups is 1. The zero-order chi connectivity index (χ0) is 17.2. The van der Waals surface area contributed by atoms with E-state index < -0.39 is 5.91 Å². The largest absolute Gasteiger partial charge is 0.484 e. The average molecular weight is 478 g/mol. The molecule has 1 amide bonds. The van der Waals surface area contributed by atoms with Gasteiger partial charge in [-0.1, -0.05) is 12.1 Å². The summed E-state index contributed by atoms with van der Waals surface area (Å²) in [4.78, 5) is 15.4. The molecule has 1 heterocycles. The molecule has 1 aromatic rings. The van der Waals surface area contributed by atoms with Gasteiger partial charge in [0.25, 0.3) is 5.91 Å². The Bertz CT molecular complexity index is 565. The molecule has 0 radical (unpaired) electrons. The third-order valence-electron chi connectivity index (χ3n) is 3.54. The predicted octanol–water partition coefficient (Wildman–Crippen LogP) is 2.12. The van der Waals surface area contributed by atoms with Gasteiger partial charge in [0.2, 0.25) is 0 Å². The summed E-state index contributed by atoms with van der Waals surface area (Å²) in [5.41, 5.74) is 6.12. The summed E-state index contributed by atoms with van der Waals surface area (Å²) < 4.78 is 5.33. The minimum absolute atomic E-state index is 0. The maximum Gasteiger partial charge on any atom is 0.255 e. The van der Waals surface area contributed by atoms with Crippen molar-refractivity contribution >= 4 is 47.6 Å². The Kier molecular flexibility index (Phi) is 10.7. The first-order chi connectivity index (χ1) is 11.7. The number of nitrogens with one attached hydrogen (secondary N) is 2. The number of carbonyl (C=O) groups excluding carboxylic acids is 1. The molecule has 1 unspecified atom stereocenters. The number of rotatable bonds is 7. The maximum absolute atomic E-state index is 10.8. The first-order valence-corrected chi connectivity index (χ1v) is 9.45. The molecule has 25 heavy (non-hydrogen) atoms. The van der Waals surface area contributed by atoms with Gasteiger partial charge in [0.05, 0.1) is 6.54 Å². The summed E-state index contributed by atoms with van der Waals surface area (Å²) in [6, 6.07) is 8.04. The van der Waals surface area contributed by atoms with Gasteiger partial charge in [0, 0.05) is 18.3 Å². The molecular formula is C17H27IN4O2S. The second kappa shape index (κ2) is 12.2. The molecule has 0 bridgehead atoms. The number of thioether (sulfide) groups is 1. The lowest BCUT2D eigenvalue weighted by atomic mass is 10.2. The molecule has 140 valence electrons.